The summed E-state index contributed by atoms with van der Waals surface area (Å²) in [7, 11) is 0. The first kappa shape index (κ1) is 23.9. The Balaban J connectivity index is 0.00000132. The predicted molar refractivity (Wildman–Crippen MR) is 124 cm³/mol. The summed E-state index contributed by atoms with van der Waals surface area (Å²) in [4.78, 5) is 0. The van der Waals surface area contributed by atoms with Gasteiger partial charge in [0.15, 0.2) is 0 Å². The highest BCUT2D eigenvalue weighted by Crippen LogP contribution is 2.44. The van der Waals surface area contributed by atoms with Crippen LogP contribution in [0.25, 0.3) is 11.1 Å². The van der Waals surface area contributed by atoms with Gasteiger partial charge in [-0.3, -0.25) is 0 Å². The average Bonchev–Trinajstić information content (AvgIpc) is 2.79. The lowest BCUT2D eigenvalue weighted by molar-refractivity contribution is 0.165. The molecule has 0 atom stereocenters. The van der Waals surface area contributed by atoms with Crippen molar-refractivity contribution in [2.24, 2.45) is 17.8 Å². The van der Waals surface area contributed by atoms with Crippen LogP contribution in [0, 0.1) is 42.1 Å². The molecule has 0 heterocycles. The maximum atomic E-state index is 14.8. The number of halogens is 3. The number of hydrogen-bond donors (Lipinski definition) is 0. The van der Waals surface area contributed by atoms with Gasteiger partial charge in [-0.2, -0.15) is 0 Å². The van der Waals surface area contributed by atoms with Crippen molar-refractivity contribution in [3.8, 4) is 11.1 Å². The summed E-state index contributed by atoms with van der Waals surface area (Å²) >= 11 is 0. The van der Waals surface area contributed by atoms with E-state index in [1.165, 1.54) is 57.6 Å². The van der Waals surface area contributed by atoms with Crippen molar-refractivity contribution in [2.75, 3.05) is 0 Å². The lowest BCUT2D eigenvalue weighted by Gasteiger charge is -2.37. The quantitative estimate of drug-likeness (QED) is 0.455. The Morgan fingerprint density at radius 3 is 1.71 bits per heavy atom. The van der Waals surface area contributed by atoms with Crippen molar-refractivity contribution in [2.45, 2.75) is 85.0 Å². The van der Waals surface area contributed by atoms with Crippen LogP contribution in [0.2, 0.25) is 0 Å². The van der Waals surface area contributed by atoms with Crippen LogP contribution in [-0.4, -0.2) is 0 Å². The molecule has 0 spiro atoms. The molecule has 3 heteroatoms. The van der Waals surface area contributed by atoms with Gasteiger partial charge in [0, 0.05) is 11.1 Å². The van der Waals surface area contributed by atoms with Crippen LogP contribution >= 0.6 is 0 Å². The molecular formula is C28H37F3. The monoisotopic (exact) mass is 430 g/mol. The van der Waals surface area contributed by atoms with E-state index < -0.39 is 17.5 Å². The molecule has 2 fully saturated rings. The summed E-state index contributed by atoms with van der Waals surface area (Å²) in [6.45, 7) is 7.75. The van der Waals surface area contributed by atoms with E-state index in [0.29, 0.717) is 5.92 Å². The Hall–Kier alpha value is -1.77. The van der Waals surface area contributed by atoms with Crippen molar-refractivity contribution in [3.05, 3.63) is 58.9 Å². The molecule has 0 amide bonds. The minimum Gasteiger partial charge on any atom is -0.207 e. The summed E-state index contributed by atoms with van der Waals surface area (Å²) in [6.07, 6.45) is 10.2. The van der Waals surface area contributed by atoms with Gasteiger partial charge in [0.1, 0.15) is 17.5 Å². The van der Waals surface area contributed by atoms with Gasteiger partial charge in [-0.1, -0.05) is 45.7 Å². The molecular weight excluding hydrogens is 393 g/mol. The zero-order valence-electron chi connectivity index (χ0n) is 19.5. The van der Waals surface area contributed by atoms with Crippen molar-refractivity contribution in [3.63, 3.8) is 0 Å². The van der Waals surface area contributed by atoms with Crippen LogP contribution < -0.4 is 0 Å². The normalized spacial score (nSPS) is 26.2. The minimum absolute atomic E-state index is 0.0324. The molecule has 0 nitrogen and oxygen atoms in total. The maximum absolute atomic E-state index is 14.8. The molecule has 4 rings (SSSR count). The van der Waals surface area contributed by atoms with E-state index in [9.17, 15) is 13.2 Å². The zero-order valence-corrected chi connectivity index (χ0v) is 19.5. The van der Waals surface area contributed by atoms with E-state index in [1.54, 1.807) is 12.1 Å². The largest absolute Gasteiger partial charge is 0.207 e. The number of rotatable bonds is 3. The smallest absolute Gasteiger partial charge is 0.131 e. The minimum atomic E-state index is -0.640. The molecule has 0 bridgehead atoms. The van der Waals surface area contributed by atoms with Gasteiger partial charge >= 0.3 is 0 Å². The Bertz CT molecular complexity index is 834. The lowest BCUT2D eigenvalue weighted by atomic mass is 9.68. The third kappa shape index (κ3) is 5.54. The highest BCUT2D eigenvalue weighted by molar-refractivity contribution is 5.65. The van der Waals surface area contributed by atoms with E-state index in [0.717, 1.165) is 36.2 Å². The van der Waals surface area contributed by atoms with Crippen molar-refractivity contribution in [1.29, 1.82) is 0 Å². The Kier molecular flexibility index (Phi) is 8.24. The molecule has 0 unspecified atom stereocenters. The number of benzene rings is 2. The fourth-order valence-corrected chi connectivity index (χ4v) is 5.50. The average molecular weight is 431 g/mol. The van der Waals surface area contributed by atoms with Crippen LogP contribution in [-0.2, 0) is 0 Å². The first-order valence-electron chi connectivity index (χ1n) is 12.2. The molecule has 31 heavy (non-hydrogen) atoms. The van der Waals surface area contributed by atoms with E-state index >= 15 is 0 Å². The van der Waals surface area contributed by atoms with E-state index in [1.807, 2.05) is 19.9 Å². The molecule has 0 aliphatic heterocycles. The Labute approximate surface area is 186 Å². The van der Waals surface area contributed by atoms with Crippen molar-refractivity contribution >= 4 is 0 Å². The molecule has 170 valence electrons. The molecule has 0 aromatic heterocycles. The van der Waals surface area contributed by atoms with E-state index in [-0.39, 0.29) is 16.7 Å². The lowest BCUT2D eigenvalue weighted by Crippen LogP contribution is -2.24. The molecule has 2 aromatic rings. The molecule has 2 aliphatic rings. The van der Waals surface area contributed by atoms with Gasteiger partial charge in [0.05, 0.1) is 0 Å². The highest BCUT2D eigenvalue weighted by Gasteiger charge is 2.30. The fraction of sp³-hybridized carbons (Fsp3) is 0.571. The molecule has 0 saturated heterocycles. The van der Waals surface area contributed by atoms with Gasteiger partial charge in [0.25, 0.3) is 0 Å². The van der Waals surface area contributed by atoms with Crippen molar-refractivity contribution < 1.29 is 13.2 Å². The summed E-state index contributed by atoms with van der Waals surface area (Å²) in [5.74, 6) is 1.33. The molecule has 2 aliphatic carbocycles. The standard InChI is InChI=1S/C26H31F3.C2H6/c1-16-3-5-18(6-4-16)19-7-9-20(10-8-19)21-11-12-23(26(29)13-21)22-14-24(27)17(2)25(28)15-22;1-2/h11-16,18-20H,3-10H2,1-2H3;1-2H3. The van der Waals surface area contributed by atoms with Crippen LogP contribution in [0.1, 0.15) is 89.2 Å². The molecule has 2 saturated carbocycles. The highest BCUT2D eigenvalue weighted by atomic mass is 19.1. The second-order valence-corrected chi connectivity index (χ2v) is 9.44. The van der Waals surface area contributed by atoms with E-state index in [2.05, 4.69) is 6.92 Å². The summed E-state index contributed by atoms with van der Waals surface area (Å²) in [5.41, 5.74) is 1.51. The Morgan fingerprint density at radius 2 is 1.19 bits per heavy atom. The topological polar surface area (TPSA) is 0 Å². The maximum Gasteiger partial charge on any atom is 0.131 e. The van der Waals surface area contributed by atoms with Crippen LogP contribution in [0.3, 0.4) is 0 Å². The first-order valence-corrected chi connectivity index (χ1v) is 12.2. The second kappa shape index (κ2) is 10.7. The summed E-state index contributed by atoms with van der Waals surface area (Å²) in [5, 5.41) is 0. The first-order chi connectivity index (χ1) is 14.9. The van der Waals surface area contributed by atoms with Gasteiger partial charge in [-0.15, -0.1) is 0 Å². The zero-order chi connectivity index (χ0) is 22.5. The van der Waals surface area contributed by atoms with Crippen molar-refractivity contribution in [1.82, 2.24) is 0 Å². The third-order valence-corrected chi connectivity index (χ3v) is 7.56. The summed E-state index contributed by atoms with van der Waals surface area (Å²) in [6, 6.07) is 7.64. The Morgan fingerprint density at radius 1 is 0.677 bits per heavy atom. The third-order valence-electron chi connectivity index (χ3n) is 7.56. The SMILES string of the molecule is CC.Cc1c(F)cc(-c2ccc(C3CCC(C4CCC(C)CC4)CC3)cc2F)cc1F. The van der Waals surface area contributed by atoms with E-state index in [4.69, 9.17) is 0 Å². The van der Waals surface area contributed by atoms with Gasteiger partial charge in [-0.05, 0) is 98.4 Å². The second-order valence-electron chi connectivity index (χ2n) is 9.44. The molecule has 0 radical (unpaired) electrons. The predicted octanol–water partition coefficient (Wildman–Crippen LogP) is 9.21. The van der Waals surface area contributed by atoms with Crippen LogP contribution in [0.5, 0.6) is 0 Å². The van der Waals surface area contributed by atoms with Gasteiger partial charge in [0.2, 0.25) is 0 Å². The van der Waals surface area contributed by atoms with Crippen LogP contribution in [0.4, 0.5) is 13.2 Å². The fourth-order valence-electron chi connectivity index (χ4n) is 5.50. The number of hydrogen-bond acceptors (Lipinski definition) is 0. The molecule has 0 N–H and O–H groups in total. The summed E-state index contributed by atoms with van der Waals surface area (Å²) < 4.78 is 42.6. The van der Waals surface area contributed by atoms with Gasteiger partial charge in [-0.25, -0.2) is 13.2 Å². The molecule has 2 aromatic carbocycles. The van der Waals surface area contributed by atoms with Crippen LogP contribution in [0.15, 0.2) is 30.3 Å². The van der Waals surface area contributed by atoms with Gasteiger partial charge < -0.3 is 0 Å².